The number of nitrogens with one attached hydrogen (secondary N) is 1. The molecule has 0 heterocycles. The zero-order chi connectivity index (χ0) is 17.5. The molecule has 4 nitrogen and oxygen atoms in total. The lowest BCUT2D eigenvalue weighted by atomic mass is 10.2. The minimum absolute atomic E-state index is 0.130. The maximum absolute atomic E-state index is 12.4. The minimum atomic E-state index is -2.71. The average molecular weight is 359 g/mol. The van der Waals surface area contributed by atoms with Gasteiger partial charge in [0.2, 0.25) is 0 Å². The van der Waals surface area contributed by atoms with Gasteiger partial charge < -0.3 is 10.2 Å². The van der Waals surface area contributed by atoms with Crippen LogP contribution in [-0.2, 0) is 4.57 Å². The van der Waals surface area contributed by atoms with Gasteiger partial charge in [-0.2, -0.15) is 0 Å². The van der Waals surface area contributed by atoms with E-state index in [1.54, 1.807) is 12.1 Å². The standard InChI is InChI=1S/C18H18NO3PS/c1-3-7-17(24-16-11-5-4-8-13(16)2)19-18(20)14-9-6-10-15(12-14)23(21)22/h4-12H,3H2,1-2H3,(H,19,20)/b17-7+. The molecule has 2 aromatic carbocycles. The van der Waals surface area contributed by atoms with Crippen molar-refractivity contribution in [1.82, 2.24) is 5.32 Å². The Kier molecular flexibility index (Phi) is 6.73. The zero-order valence-electron chi connectivity index (χ0n) is 13.5. The van der Waals surface area contributed by atoms with Gasteiger partial charge in [-0.05, 0) is 37.1 Å². The highest BCUT2D eigenvalue weighted by Gasteiger charge is 2.14. The highest BCUT2D eigenvalue weighted by Crippen LogP contribution is 2.28. The van der Waals surface area contributed by atoms with Crippen LogP contribution in [0.5, 0.6) is 0 Å². The normalized spacial score (nSPS) is 12.0. The van der Waals surface area contributed by atoms with Crippen molar-refractivity contribution in [3.63, 3.8) is 0 Å². The molecule has 1 amide bonds. The molecule has 2 aromatic rings. The van der Waals surface area contributed by atoms with Crippen LogP contribution in [0.2, 0.25) is 0 Å². The van der Waals surface area contributed by atoms with Gasteiger partial charge in [-0.3, -0.25) is 4.79 Å². The predicted octanol–water partition coefficient (Wildman–Crippen LogP) is 3.50. The van der Waals surface area contributed by atoms with Crippen LogP contribution in [0.4, 0.5) is 0 Å². The second kappa shape index (κ2) is 8.78. The Morgan fingerprint density at radius 1 is 1.25 bits per heavy atom. The van der Waals surface area contributed by atoms with Crippen molar-refractivity contribution in [2.24, 2.45) is 0 Å². The first kappa shape index (κ1) is 18.4. The van der Waals surface area contributed by atoms with Crippen LogP contribution < -0.4 is 15.5 Å². The molecule has 1 unspecified atom stereocenters. The molecule has 0 aliphatic heterocycles. The predicted molar refractivity (Wildman–Crippen MR) is 96.6 cm³/mol. The van der Waals surface area contributed by atoms with Gasteiger partial charge >= 0.3 is 8.03 Å². The average Bonchev–Trinajstić information content (AvgIpc) is 2.57. The summed E-state index contributed by atoms with van der Waals surface area (Å²) < 4.78 is 11.1. The summed E-state index contributed by atoms with van der Waals surface area (Å²) in [6.45, 7) is 4.01. The summed E-state index contributed by atoms with van der Waals surface area (Å²) in [4.78, 5) is 24.6. The lowest BCUT2D eigenvalue weighted by molar-refractivity contribution is -0.160. The minimum Gasteiger partial charge on any atom is -0.591 e. The van der Waals surface area contributed by atoms with Gasteiger partial charge in [-0.1, -0.05) is 53.6 Å². The summed E-state index contributed by atoms with van der Waals surface area (Å²) in [5, 5.41) is 3.72. The summed E-state index contributed by atoms with van der Waals surface area (Å²) in [7, 11) is -2.71. The number of hydrogen-bond acceptors (Lipinski definition) is 4. The Labute approximate surface area is 146 Å². The van der Waals surface area contributed by atoms with Crippen molar-refractivity contribution < 1.29 is 14.3 Å². The third-order valence-corrected chi connectivity index (χ3v) is 5.13. The van der Waals surface area contributed by atoms with E-state index in [1.807, 2.05) is 44.2 Å². The summed E-state index contributed by atoms with van der Waals surface area (Å²) in [6, 6.07) is 13.9. The molecule has 0 aromatic heterocycles. The number of carbonyl (C=O) groups excluding carboxylic acids is 1. The number of aryl methyl sites for hydroxylation is 1. The van der Waals surface area contributed by atoms with Crippen LogP contribution in [-0.4, -0.2) is 5.91 Å². The van der Waals surface area contributed by atoms with Crippen LogP contribution >= 0.6 is 19.8 Å². The lowest BCUT2D eigenvalue weighted by Gasteiger charge is -2.11. The van der Waals surface area contributed by atoms with Crippen molar-refractivity contribution in [2.45, 2.75) is 25.2 Å². The number of amides is 1. The van der Waals surface area contributed by atoms with Gasteiger partial charge in [0.05, 0.1) is 5.03 Å². The molecule has 0 spiro atoms. The third kappa shape index (κ3) is 5.03. The molecule has 6 heteroatoms. The Bertz CT molecular complexity index is 789. The molecule has 24 heavy (non-hydrogen) atoms. The molecular formula is C18H18NO3PS. The van der Waals surface area contributed by atoms with Crippen molar-refractivity contribution in [3.8, 4) is 0 Å². The van der Waals surface area contributed by atoms with E-state index in [-0.39, 0.29) is 11.2 Å². The summed E-state index contributed by atoms with van der Waals surface area (Å²) in [5.74, 6) is -0.325. The highest BCUT2D eigenvalue weighted by molar-refractivity contribution is 8.03. The van der Waals surface area contributed by atoms with Crippen LogP contribution in [0.25, 0.3) is 0 Å². The molecule has 1 atom stereocenters. The maximum Gasteiger partial charge on any atom is 0.348 e. The van der Waals surface area contributed by atoms with Crippen molar-refractivity contribution in [2.75, 3.05) is 0 Å². The van der Waals surface area contributed by atoms with Crippen molar-refractivity contribution in [1.29, 1.82) is 0 Å². The van der Waals surface area contributed by atoms with Gasteiger partial charge in [0.1, 0.15) is 0 Å². The summed E-state index contributed by atoms with van der Waals surface area (Å²) in [6.07, 6.45) is 2.72. The molecule has 0 aliphatic carbocycles. The molecular weight excluding hydrogens is 341 g/mol. The van der Waals surface area contributed by atoms with E-state index in [9.17, 15) is 14.3 Å². The fraction of sp³-hybridized carbons (Fsp3) is 0.167. The zero-order valence-corrected chi connectivity index (χ0v) is 15.2. The van der Waals surface area contributed by atoms with E-state index in [1.165, 1.54) is 23.9 Å². The van der Waals surface area contributed by atoms with E-state index in [0.717, 1.165) is 21.9 Å². The van der Waals surface area contributed by atoms with Gasteiger partial charge in [0, 0.05) is 16.5 Å². The van der Waals surface area contributed by atoms with E-state index < -0.39 is 8.03 Å². The molecule has 0 radical (unpaired) electrons. The second-order valence-electron chi connectivity index (χ2n) is 5.11. The fourth-order valence-corrected chi connectivity index (χ4v) is 3.50. The molecule has 124 valence electrons. The van der Waals surface area contributed by atoms with Gasteiger partial charge in [-0.25, -0.2) is 0 Å². The smallest absolute Gasteiger partial charge is 0.348 e. The number of thioether (sulfide) groups is 1. The Balaban J connectivity index is 2.17. The van der Waals surface area contributed by atoms with E-state index in [4.69, 9.17) is 0 Å². The topological polar surface area (TPSA) is 69.2 Å². The first-order valence-corrected chi connectivity index (χ1v) is 9.50. The first-order valence-electron chi connectivity index (χ1n) is 7.50. The molecule has 0 aliphatic rings. The summed E-state index contributed by atoms with van der Waals surface area (Å²) in [5.41, 5.74) is 1.45. The molecule has 0 saturated carbocycles. The van der Waals surface area contributed by atoms with E-state index >= 15 is 0 Å². The number of rotatable bonds is 6. The first-order chi connectivity index (χ1) is 11.5. The molecule has 0 bridgehead atoms. The molecule has 0 fully saturated rings. The molecule has 0 saturated heterocycles. The van der Waals surface area contributed by atoms with E-state index in [2.05, 4.69) is 5.32 Å². The number of carbonyl (C=O) groups is 1. The highest BCUT2D eigenvalue weighted by atomic mass is 32.2. The van der Waals surface area contributed by atoms with Crippen molar-refractivity contribution in [3.05, 3.63) is 70.8 Å². The SMILES string of the molecule is CC/C=C(\NC(=O)c1cccc([P+](=O)[O-])c1)Sc1ccccc1C. The number of benzene rings is 2. The Morgan fingerprint density at radius 3 is 2.67 bits per heavy atom. The third-order valence-electron chi connectivity index (χ3n) is 3.26. The number of allylic oxidation sites excluding steroid dienone is 1. The Morgan fingerprint density at radius 2 is 2.00 bits per heavy atom. The quantitative estimate of drug-likeness (QED) is 0.633. The van der Waals surface area contributed by atoms with Crippen LogP contribution in [0, 0.1) is 6.92 Å². The van der Waals surface area contributed by atoms with Crippen LogP contribution in [0.1, 0.15) is 29.3 Å². The van der Waals surface area contributed by atoms with Crippen LogP contribution in [0.3, 0.4) is 0 Å². The largest absolute Gasteiger partial charge is 0.591 e. The second-order valence-corrected chi connectivity index (χ2v) is 7.22. The molecule has 2 rings (SSSR count). The number of hydrogen-bond donors (Lipinski definition) is 1. The summed E-state index contributed by atoms with van der Waals surface area (Å²) >= 11 is 1.48. The van der Waals surface area contributed by atoms with Crippen molar-refractivity contribution >= 4 is 31.0 Å². The van der Waals surface area contributed by atoms with Gasteiger partial charge in [-0.15, -0.1) is 0 Å². The van der Waals surface area contributed by atoms with Gasteiger partial charge in [0.25, 0.3) is 5.91 Å². The van der Waals surface area contributed by atoms with E-state index in [0.29, 0.717) is 5.56 Å². The van der Waals surface area contributed by atoms with Gasteiger partial charge in [0.15, 0.2) is 5.30 Å². The maximum atomic E-state index is 12.4. The monoisotopic (exact) mass is 359 g/mol. The lowest BCUT2D eigenvalue weighted by Crippen LogP contribution is -2.22. The Hall–Kier alpha value is -1.94. The molecule has 1 N–H and O–H groups in total. The fourth-order valence-electron chi connectivity index (χ4n) is 2.04. The van der Waals surface area contributed by atoms with Crippen LogP contribution in [0.15, 0.2) is 64.5 Å².